The lowest BCUT2D eigenvalue weighted by Crippen LogP contribution is -2.24. The van der Waals surface area contributed by atoms with Gasteiger partial charge < -0.3 is 9.15 Å². The van der Waals surface area contributed by atoms with E-state index in [9.17, 15) is 4.79 Å². The van der Waals surface area contributed by atoms with Gasteiger partial charge in [-0.1, -0.05) is 0 Å². The van der Waals surface area contributed by atoms with E-state index < -0.39 is 0 Å². The molecule has 78 valence electrons. The third-order valence-electron chi connectivity index (χ3n) is 1.67. The summed E-state index contributed by atoms with van der Waals surface area (Å²) in [7, 11) is 0. The predicted octanol–water partition coefficient (Wildman–Crippen LogP) is 1.24. The van der Waals surface area contributed by atoms with Gasteiger partial charge in [0.2, 0.25) is 0 Å². The Balaban J connectivity index is 2.18. The van der Waals surface area contributed by atoms with Gasteiger partial charge in [0.05, 0.1) is 19.7 Å². The Hall–Kier alpha value is -1.29. The number of rotatable bonds is 5. The van der Waals surface area contributed by atoms with Gasteiger partial charge in [0, 0.05) is 0 Å². The number of ether oxygens (including phenoxy) is 1. The Morgan fingerprint density at radius 1 is 1.57 bits per heavy atom. The van der Waals surface area contributed by atoms with Crippen molar-refractivity contribution in [2.75, 3.05) is 13.2 Å². The summed E-state index contributed by atoms with van der Waals surface area (Å²) < 4.78 is 10.1. The highest BCUT2D eigenvalue weighted by atomic mass is 16.5. The van der Waals surface area contributed by atoms with Crippen molar-refractivity contribution >= 4 is 5.97 Å². The Kier molecular flexibility index (Phi) is 4.19. The van der Waals surface area contributed by atoms with Gasteiger partial charge in [-0.25, -0.2) is 0 Å². The molecule has 1 rings (SSSR count). The molecule has 0 aliphatic rings. The molecule has 1 N–H and O–H groups in total. The quantitative estimate of drug-likeness (QED) is 0.721. The molecule has 4 nitrogen and oxygen atoms in total. The summed E-state index contributed by atoms with van der Waals surface area (Å²) in [4.78, 5) is 10.9. The van der Waals surface area contributed by atoms with Crippen molar-refractivity contribution < 1.29 is 13.9 Å². The molecule has 0 amide bonds. The summed E-state index contributed by atoms with van der Waals surface area (Å²) in [6, 6.07) is 3.77. The normalized spacial score (nSPS) is 10.1. The maximum atomic E-state index is 10.9. The lowest BCUT2D eigenvalue weighted by molar-refractivity contribution is -0.142. The van der Waals surface area contributed by atoms with E-state index in [0.29, 0.717) is 13.2 Å². The fraction of sp³-hybridized carbons (Fsp3) is 0.500. The third-order valence-corrected chi connectivity index (χ3v) is 1.67. The van der Waals surface area contributed by atoms with E-state index in [-0.39, 0.29) is 12.5 Å². The van der Waals surface area contributed by atoms with Crippen LogP contribution in [-0.4, -0.2) is 19.1 Å². The zero-order valence-electron chi connectivity index (χ0n) is 8.50. The number of nitrogens with one attached hydrogen (secondary N) is 1. The highest BCUT2D eigenvalue weighted by molar-refractivity contribution is 5.71. The number of hydrogen-bond acceptors (Lipinski definition) is 4. The van der Waals surface area contributed by atoms with E-state index in [0.717, 1.165) is 11.5 Å². The van der Waals surface area contributed by atoms with Crippen LogP contribution in [0.2, 0.25) is 0 Å². The fourth-order valence-corrected chi connectivity index (χ4v) is 1.08. The molecule has 0 bridgehead atoms. The van der Waals surface area contributed by atoms with Gasteiger partial charge in [-0.05, 0) is 26.0 Å². The van der Waals surface area contributed by atoms with Crippen molar-refractivity contribution in [1.29, 1.82) is 0 Å². The molecule has 14 heavy (non-hydrogen) atoms. The van der Waals surface area contributed by atoms with Gasteiger partial charge in [0.1, 0.15) is 11.5 Å². The van der Waals surface area contributed by atoms with Crippen LogP contribution >= 0.6 is 0 Å². The zero-order valence-corrected chi connectivity index (χ0v) is 8.50. The summed E-state index contributed by atoms with van der Waals surface area (Å²) in [5.74, 6) is 1.46. The lowest BCUT2D eigenvalue weighted by atomic mass is 10.4. The number of carbonyl (C=O) groups excluding carboxylic acids is 1. The minimum atomic E-state index is -0.240. The summed E-state index contributed by atoms with van der Waals surface area (Å²) in [6.45, 7) is 4.85. The maximum absolute atomic E-state index is 10.9. The Morgan fingerprint density at radius 2 is 2.36 bits per heavy atom. The van der Waals surface area contributed by atoms with E-state index in [1.165, 1.54) is 0 Å². The van der Waals surface area contributed by atoms with Crippen molar-refractivity contribution in [1.82, 2.24) is 5.32 Å². The number of hydrogen-bond donors (Lipinski definition) is 1. The SMILES string of the molecule is CCOC(=O)CNCc1ccc(C)o1. The first kappa shape index (κ1) is 10.8. The fourth-order valence-electron chi connectivity index (χ4n) is 1.08. The van der Waals surface area contributed by atoms with Crippen LogP contribution in [0, 0.1) is 6.92 Å². The van der Waals surface area contributed by atoms with Gasteiger partial charge >= 0.3 is 5.97 Å². The number of esters is 1. The van der Waals surface area contributed by atoms with Gasteiger partial charge in [0.15, 0.2) is 0 Å². The first-order chi connectivity index (χ1) is 6.72. The minimum absolute atomic E-state index is 0.216. The molecular formula is C10H15NO3. The lowest BCUT2D eigenvalue weighted by Gasteiger charge is -2.02. The summed E-state index contributed by atoms with van der Waals surface area (Å²) in [5.41, 5.74) is 0. The van der Waals surface area contributed by atoms with E-state index in [2.05, 4.69) is 5.32 Å². The number of aryl methyl sites for hydroxylation is 1. The molecule has 0 spiro atoms. The van der Waals surface area contributed by atoms with Crippen molar-refractivity contribution in [3.8, 4) is 0 Å². The van der Waals surface area contributed by atoms with E-state index in [1.54, 1.807) is 6.92 Å². The first-order valence-electron chi connectivity index (χ1n) is 4.64. The summed E-state index contributed by atoms with van der Waals surface area (Å²) in [5, 5.41) is 2.93. The van der Waals surface area contributed by atoms with Crippen LogP contribution in [0.15, 0.2) is 16.5 Å². The van der Waals surface area contributed by atoms with Crippen molar-refractivity contribution in [3.63, 3.8) is 0 Å². The summed E-state index contributed by atoms with van der Waals surface area (Å²) in [6.07, 6.45) is 0. The van der Waals surface area contributed by atoms with Gasteiger partial charge in [-0.15, -0.1) is 0 Å². The van der Waals surface area contributed by atoms with E-state index in [4.69, 9.17) is 9.15 Å². The molecule has 0 radical (unpaired) electrons. The highest BCUT2D eigenvalue weighted by Gasteiger charge is 2.02. The number of furan rings is 1. The Morgan fingerprint density at radius 3 is 2.93 bits per heavy atom. The summed E-state index contributed by atoms with van der Waals surface area (Å²) >= 11 is 0. The largest absolute Gasteiger partial charge is 0.465 e. The molecule has 0 aromatic carbocycles. The van der Waals surface area contributed by atoms with E-state index >= 15 is 0 Å². The van der Waals surface area contributed by atoms with Crippen LogP contribution in [0.1, 0.15) is 18.4 Å². The average molecular weight is 197 g/mol. The zero-order chi connectivity index (χ0) is 10.4. The average Bonchev–Trinajstić information content (AvgIpc) is 2.52. The van der Waals surface area contributed by atoms with Crippen LogP contribution < -0.4 is 5.32 Å². The first-order valence-corrected chi connectivity index (χ1v) is 4.64. The van der Waals surface area contributed by atoms with Crippen LogP contribution in [0.4, 0.5) is 0 Å². The molecule has 0 aliphatic carbocycles. The van der Waals surface area contributed by atoms with Gasteiger partial charge in [-0.2, -0.15) is 0 Å². The molecule has 0 saturated heterocycles. The second kappa shape index (κ2) is 5.44. The van der Waals surface area contributed by atoms with Crippen LogP contribution in [-0.2, 0) is 16.1 Å². The number of carbonyl (C=O) groups is 1. The maximum Gasteiger partial charge on any atom is 0.319 e. The second-order valence-corrected chi connectivity index (χ2v) is 2.92. The van der Waals surface area contributed by atoms with E-state index in [1.807, 2.05) is 19.1 Å². The standard InChI is InChI=1S/C10H15NO3/c1-3-13-10(12)7-11-6-9-5-4-8(2)14-9/h4-5,11H,3,6-7H2,1-2H3. The molecule has 4 heteroatoms. The molecule has 0 atom stereocenters. The minimum Gasteiger partial charge on any atom is -0.465 e. The predicted molar refractivity (Wildman–Crippen MR) is 51.8 cm³/mol. The highest BCUT2D eigenvalue weighted by Crippen LogP contribution is 2.04. The molecule has 0 unspecified atom stereocenters. The molecule has 1 heterocycles. The monoisotopic (exact) mass is 197 g/mol. The Labute approximate surface area is 83.2 Å². The Bertz CT molecular complexity index is 293. The van der Waals surface area contributed by atoms with Crippen molar-refractivity contribution in [2.45, 2.75) is 20.4 Å². The smallest absolute Gasteiger partial charge is 0.319 e. The second-order valence-electron chi connectivity index (χ2n) is 2.92. The van der Waals surface area contributed by atoms with Crippen molar-refractivity contribution in [3.05, 3.63) is 23.7 Å². The molecule has 0 fully saturated rings. The molecule has 0 aliphatic heterocycles. The topological polar surface area (TPSA) is 51.5 Å². The van der Waals surface area contributed by atoms with Gasteiger partial charge in [0.25, 0.3) is 0 Å². The molecule has 1 aromatic rings. The third kappa shape index (κ3) is 3.62. The molecule has 1 aromatic heterocycles. The van der Waals surface area contributed by atoms with Gasteiger partial charge in [-0.3, -0.25) is 10.1 Å². The molecule has 0 saturated carbocycles. The van der Waals surface area contributed by atoms with Crippen molar-refractivity contribution in [2.24, 2.45) is 0 Å². The molecular weight excluding hydrogens is 182 g/mol. The van der Waals surface area contributed by atoms with Crippen LogP contribution in [0.3, 0.4) is 0 Å². The van der Waals surface area contributed by atoms with Crippen LogP contribution in [0.25, 0.3) is 0 Å². The van der Waals surface area contributed by atoms with Crippen LogP contribution in [0.5, 0.6) is 0 Å².